The molecule has 0 amide bonds. The van der Waals surface area contributed by atoms with Crippen molar-refractivity contribution in [2.24, 2.45) is 0 Å². The number of hydrogen-bond acceptors (Lipinski definition) is 5. The van der Waals surface area contributed by atoms with E-state index in [0.717, 1.165) is 6.08 Å². The lowest BCUT2D eigenvalue weighted by atomic mass is 10.1. The van der Waals surface area contributed by atoms with Crippen LogP contribution in [-0.4, -0.2) is 35.7 Å². The molecule has 1 aromatic rings. The molecule has 1 heterocycles. The average molecular weight is 276 g/mol. The number of carboxylic acids is 1. The van der Waals surface area contributed by atoms with E-state index in [-0.39, 0.29) is 17.2 Å². The normalized spacial score (nSPS) is 16.9. The molecule has 1 aromatic carbocycles. The zero-order valence-electron chi connectivity index (χ0n) is 10.4. The molecule has 1 atom stereocenters. The first-order chi connectivity index (χ1) is 9.58. The molecule has 0 aliphatic carbocycles. The maximum atomic E-state index is 11.7. The second-order valence-corrected chi connectivity index (χ2v) is 4.15. The van der Waals surface area contributed by atoms with E-state index in [9.17, 15) is 14.4 Å². The summed E-state index contributed by atoms with van der Waals surface area (Å²) < 4.78 is 9.51. The lowest BCUT2D eigenvalue weighted by Gasteiger charge is -2.03. The molecular formula is C14H12O6. The van der Waals surface area contributed by atoms with Crippen LogP contribution in [0.25, 0.3) is 0 Å². The van der Waals surface area contributed by atoms with Gasteiger partial charge in [-0.1, -0.05) is 18.2 Å². The van der Waals surface area contributed by atoms with Crippen LogP contribution >= 0.6 is 0 Å². The van der Waals surface area contributed by atoms with E-state index in [2.05, 4.69) is 4.74 Å². The van der Waals surface area contributed by atoms with E-state index < -0.39 is 17.9 Å². The van der Waals surface area contributed by atoms with Crippen molar-refractivity contribution in [1.29, 1.82) is 0 Å². The monoisotopic (exact) mass is 276 g/mol. The molecule has 1 fully saturated rings. The van der Waals surface area contributed by atoms with Crippen molar-refractivity contribution in [2.45, 2.75) is 12.5 Å². The van der Waals surface area contributed by atoms with E-state index in [0.29, 0.717) is 13.0 Å². The SMILES string of the molecule is O=C(C=CCC1CO1)OC(=O)c1ccccc1C(=O)O. The van der Waals surface area contributed by atoms with E-state index >= 15 is 0 Å². The quantitative estimate of drug-likeness (QED) is 0.378. The van der Waals surface area contributed by atoms with Gasteiger partial charge in [-0.05, 0) is 18.6 Å². The zero-order chi connectivity index (χ0) is 14.5. The third kappa shape index (κ3) is 3.76. The Labute approximate surface area is 114 Å². The number of carbonyl (C=O) groups is 3. The Morgan fingerprint density at radius 2 is 1.95 bits per heavy atom. The van der Waals surface area contributed by atoms with E-state index in [1.807, 2.05) is 0 Å². The van der Waals surface area contributed by atoms with Gasteiger partial charge in [0, 0.05) is 6.08 Å². The van der Waals surface area contributed by atoms with Gasteiger partial charge in [0.2, 0.25) is 0 Å². The first-order valence-corrected chi connectivity index (χ1v) is 5.94. The number of carboxylic acid groups (broad SMARTS) is 1. The molecule has 6 heteroatoms. The van der Waals surface area contributed by atoms with Crippen LogP contribution in [0.4, 0.5) is 0 Å². The Bertz CT molecular complexity index is 571. The molecule has 0 bridgehead atoms. The molecule has 1 saturated heterocycles. The number of epoxide rings is 1. The summed E-state index contributed by atoms with van der Waals surface area (Å²) in [6.45, 7) is 0.671. The van der Waals surface area contributed by atoms with Gasteiger partial charge in [0.25, 0.3) is 0 Å². The van der Waals surface area contributed by atoms with Crippen LogP contribution in [0.5, 0.6) is 0 Å². The Balaban J connectivity index is 1.98. The summed E-state index contributed by atoms with van der Waals surface area (Å²) >= 11 is 0. The van der Waals surface area contributed by atoms with Gasteiger partial charge in [-0.2, -0.15) is 0 Å². The van der Waals surface area contributed by atoms with Crippen molar-refractivity contribution >= 4 is 17.9 Å². The highest BCUT2D eigenvalue weighted by atomic mass is 16.6. The molecule has 1 aliphatic rings. The highest BCUT2D eigenvalue weighted by molar-refractivity contribution is 6.06. The van der Waals surface area contributed by atoms with Gasteiger partial charge < -0.3 is 14.6 Å². The van der Waals surface area contributed by atoms with Gasteiger partial charge in [-0.15, -0.1) is 0 Å². The molecular weight excluding hydrogens is 264 g/mol. The maximum absolute atomic E-state index is 11.7. The van der Waals surface area contributed by atoms with Gasteiger partial charge in [-0.25, -0.2) is 14.4 Å². The molecule has 0 spiro atoms. The topological polar surface area (TPSA) is 93.2 Å². The van der Waals surface area contributed by atoms with E-state index in [1.165, 1.54) is 24.3 Å². The van der Waals surface area contributed by atoms with Gasteiger partial charge >= 0.3 is 17.9 Å². The maximum Gasteiger partial charge on any atom is 0.346 e. The van der Waals surface area contributed by atoms with Crippen LogP contribution in [-0.2, 0) is 14.3 Å². The van der Waals surface area contributed by atoms with Crippen LogP contribution in [0.3, 0.4) is 0 Å². The second-order valence-electron chi connectivity index (χ2n) is 4.15. The predicted octanol–water partition coefficient (Wildman–Crippen LogP) is 1.41. The summed E-state index contributed by atoms with van der Waals surface area (Å²) in [6.07, 6.45) is 3.40. The summed E-state index contributed by atoms with van der Waals surface area (Å²) in [4.78, 5) is 34.1. The number of rotatable bonds is 5. The lowest BCUT2D eigenvalue weighted by molar-refractivity contribution is -0.132. The molecule has 0 aromatic heterocycles. The minimum atomic E-state index is -1.26. The van der Waals surface area contributed by atoms with Crippen molar-refractivity contribution in [3.8, 4) is 0 Å². The summed E-state index contributed by atoms with van der Waals surface area (Å²) in [5.74, 6) is -3.08. The Morgan fingerprint density at radius 3 is 2.55 bits per heavy atom. The van der Waals surface area contributed by atoms with Crippen LogP contribution < -0.4 is 0 Å². The minimum absolute atomic E-state index is 0.141. The molecule has 1 unspecified atom stereocenters. The fourth-order valence-electron chi connectivity index (χ4n) is 1.55. The van der Waals surface area contributed by atoms with Crippen molar-refractivity contribution in [1.82, 2.24) is 0 Å². The minimum Gasteiger partial charge on any atom is -0.478 e. The third-order valence-corrected chi connectivity index (χ3v) is 2.63. The van der Waals surface area contributed by atoms with E-state index in [1.54, 1.807) is 6.08 Å². The summed E-state index contributed by atoms with van der Waals surface area (Å²) in [5.41, 5.74) is -0.368. The lowest BCUT2D eigenvalue weighted by Crippen LogP contribution is -2.14. The molecule has 6 nitrogen and oxygen atoms in total. The number of hydrogen-bond donors (Lipinski definition) is 1. The average Bonchev–Trinajstić information content (AvgIpc) is 3.22. The number of ether oxygens (including phenoxy) is 2. The van der Waals surface area contributed by atoms with Crippen LogP contribution in [0.15, 0.2) is 36.4 Å². The van der Waals surface area contributed by atoms with Crippen molar-refractivity contribution in [3.05, 3.63) is 47.5 Å². The first kappa shape index (κ1) is 14.0. The van der Waals surface area contributed by atoms with Gasteiger partial charge in [0.15, 0.2) is 0 Å². The molecule has 1 aliphatic heterocycles. The van der Waals surface area contributed by atoms with Crippen LogP contribution in [0, 0.1) is 0 Å². The van der Waals surface area contributed by atoms with Gasteiger partial charge in [0.1, 0.15) is 0 Å². The number of aromatic carboxylic acids is 1. The largest absolute Gasteiger partial charge is 0.478 e. The standard InChI is InChI=1S/C14H12O6/c15-12(7-3-4-9-8-19-9)20-14(18)11-6-2-1-5-10(11)13(16)17/h1-3,5-7,9H,4,8H2,(H,16,17). The third-order valence-electron chi connectivity index (χ3n) is 2.63. The van der Waals surface area contributed by atoms with Gasteiger partial charge in [0.05, 0.1) is 23.8 Å². The Morgan fingerprint density at radius 1 is 1.30 bits per heavy atom. The Hall–Kier alpha value is -2.47. The highest BCUT2D eigenvalue weighted by Crippen LogP contribution is 2.14. The number of benzene rings is 1. The molecule has 1 N–H and O–H groups in total. The summed E-state index contributed by atoms with van der Waals surface area (Å²) in [6, 6.07) is 5.54. The summed E-state index contributed by atoms with van der Waals surface area (Å²) in [7, 11) is 0. The van der Waals surface area contributed by atoms with Crippen molar-refractivity contribution in [3.63, 3.8) is 0 Å². The summed E-state index contributed by atoms with van der Waals surface area (Å²) in [5, 5.41) is 8.94. The van der Waals surface area contributed by atoms with Crippen molar-refractivity contribution in [2.75, 3.05) is 6.61 Å². The first-order valence-electron chi connectivity index (χ1n) is 5.94. The highest BCUT2D eigenvalue weighted by Gasteiger charge is 2.21. The molecule has 20 heavy (non-hydrogen) atoms. The van der Waals surface area contributed by atoms with Crippen LogP contribution in [0.2, 0.25) is 0 Å². The fraction of sp³-hybridized carbons (Fsp3) is 0.214. The second kappa shape index (κ2) is 6.12. The zero-order valence-corrected chi connectivity index (χ0v) is 10.4. The predicted molar refractivity (Wildman–Crippen MR) is 67.3 cm³/mol. The number of carbonyl (C=O) groups excluding carboxylic acids is 2. The number of esters is 2. The molecule has 0 saturated carbocycles. The molecule has 2 rings (SSSR count). The van der Waals surface area contributed by atoms with E-state index in [4.69, 9.17) is 9.84 Å². The molecule has 0 radical (unpaired) electrons. The Kier molecular flexibility index (Phi) is 4.27. The van der Waals surface area contributed by atoms with Gasteiger partial charge in [-0.3, -0.25) is 0 Å². The van der Waals surface area contributed by atoms with Crippen LogP contribution in [0.1, 0.15) is 27.1 Å². The van der Waals surface area contributed by atoms with Crippen molar-refractivity contribution < 1.29 is 29.0 Å². The fourth-order valence-corrected chi connectivity index (χ4v) is 1.55. The molecule has 104 valence electrons. The smallest absolute Gasteiger partial charge is 0.346 e.